The van der Waals surface area contributed by atoms with Crippen LogP contribution in [0.15, 0.2) is 43.0 Å². The Hall–Kier alpha value is -0.561. The van der Waals surface area contributed by atoms with Crippen LogP contribution < -0.4 is 9.78 Å². The zero-order valence-corrected chi connectivity index (χ0v) is 12.6. The van der Waals surface area contributed by atoms with Gasteiger partial charge >= 0.3 is 112 Å². The second-order valence-electron chi connectivity index (χ2n) is 4.65. The second kappa shape index (κ2) is 8.52. The molecule has 0 fully saturated rings. The molecule has 1 rings (SSSR count). The van der Waals surface area contributed by atoms with Gasteiger partial charge in [-0.1, -0.05) is 0 Å². The van der Waals surface area contributed by atoms with Gasteiger partial charge in [0.05, 0.1) is 0 Å². The predicted molar refractivity (Wildman–Crippen MR) is 78.1 cm³/mol. The van der Waals surface area contributed by atoms with Crippen LogP contribution in [0.1, 0.15) is 20.3 Å². The van der Waals surface area contributed by atoms with Crippen molar-refractivity contribution in [1.82, 2.24) is 5.32 Å². The average molecular weight is 296 g/mol. The van der Waals surface area contributed by atoms with Crippen molar-refractivity contribution in [2.24, 2.45) is 5.92 Å². The van der Waals surface area contributed by atoms with Crippen molar-refractivity contribution in [3.8, 4) is 0 Å². The van der Waals surface area contributed by atoms with Crippen LogP contribution in [-0.4, -0.2) is 27.5 Å². The Morgan fingerprint density at radius 1 is 1.29 bits per heavy atom. The van der Waals surface area contributed by atoms with E-state index in [2.05, 4.69) is 56.1 Å². The molecule has 0 aliphatic carbocycles. The molecule has 1 unspecified atom stereocenters. The summed E-state index contributed by atoms with van der Waals surface area (Å²) < 4.78 is 1.49. The van der Waals surface area contributed by atoms with Gasteiger partial charge in [-0.15, -0.1) is 0 Å². The van der Waals surface area contributed by atoms with Crippen LogP contribution in [0.25, 0.3) is 0 Å². The molecule has 0 aromatic heterocycles. The summed E-state index contributed by atoms with van der Waals surface area (Å²) in [5.74, 6) is 0.754. The first kappa shape index (κ1) is 14.5. The van der Waals surface area contributed by atoms with Crippen LogP contribution in [0, 0.1) is 5.92 Å². The average Bonchev–Trinajstić information content (AvgIpc) is 2.33. The number of nitrogens with one attached hydrogen (secondary N) is 1. The van der Waals surface area contributed by atoms with E-state index in [1.807, 2.05) is 6.08 Å². The van der Waals surface area contributed by atoms with E-state index in [9.17, 15) is 0 Å². The Kier molecular flexibility index (Phi) is 7.27. The summed E-state index contributed by atoms with van der Waals surface area (Å²) in [5, 5.41) is 4.84. The fraction of sp³-hybridized carbons (Fsp3) is 0.467. The molecule has 0 heterocycles. The molecule has 0 aliphatic rings. The molecule has 0 aliphatic heterocycles. The normalized spacial score (nSPS) is 12.6. The Labute approximate surface area is 112 Å². The van der Waals surface area contributed by atoms with Gasteiger partial charge in [0.15, 0.2) is 0 Å². The molecule has 2 heteroatoms. The first-order valence-corrected chi connectivity index (χ1v) is 8.31. The molecule has 1 atom stereocenters. The van der Waals surface area contributed by atoms with E-state index in [1.165, 1.54) is 16.2 Å². The first-order chi connectivity index (χ1) is 8.22. The van der Waals surface area contributed by atoms with Crippen LogP contribution in [0.4, 0.5) is 0 Å². The van der Waals surface area contributed by atoms with Gasteiger partial charge in [0.25, 0.3) is 0 Å². The van der Waals surface area contributed by atoms with E-state index < -0.39 is 0 Å². The summed E-state index contributed by atoms with van der Waals surface area (Å²) in [5.41, 5.74) is 0. The Bertz CT molecular complexity index is 308. The molecule has 0 saturated heterocycles. The minimum atomic E-state index is 0.578. The topological polar surface area (TPSA) is 12.0 Å². The fourth-order valence-electron chi connectivity index (χ4n) is 1.74. The molecule has 0 spiro atoms. The third-order valence-corrected chi connectivity index (χ3v) is 4.97. The van der Waals surface area contributed by atoms with Crippen LogP contribution in [0.5, 0.6) is 0 Å². The van der Waals surface area contributed by atoms with E-state index in [4.69, 9.17) is 0 Å². The van der Waals surface area contributed by atoms with Crippen molar-refractivity contribution in [3.05, 3.63) is 43.0 Å². The molecule has 0 bridgehead atoms. The molecule has 94 valence electrons. The van der Waals surface area contributed by atoms with Gasteiger partial charge < -0.3 is 0 Å². The van der Waals surface area contributed by atoms with Gasteiger partial charge in [-0.05, 0) is 0 Å². The van der Waals surface area contributed by atoms with Crippen molar-refractivity contribution < 1.29 is 0 Å². The zero-order valence-electron chi connectivity index (χ0n) is 10.9. The van der Waals surface area contributed by atoms with Gasteiger partial charge in [-0.25, -0.2) is 0 Å². The molecule has 0 radical (unpaired) electrons. The van der Waals surface area contributed by atoms with E-state index >= 15 is 0 Å². The van der Waals surface area contributed by atoms with E-state index in [1.54, 1.807) is 0 Å². The van der Waals surface area contributed by atoms with E-state index in [0.29, 0.717) is 21.0 Å². The van der Waals surface area contributed by atoms with Gasteiger partial charge in [0.2, 0.25) is 0 Å². The molecular weight excluding hydrogens is 273 g/mol. The van der Waals surface area contributed by atoms with Crippen LogP contribution in [0.3, 0.4) is 0 Å². The molecule has 17 heavy (non-hydrogen) atoms. The van der Waals surface area contributed by atoms with Crippen molar-refractivity contribution in [2.75, 3.05) is 6.54 Å². The van der Waals surface area contributed by atoms with Gasteiger partial charge in [-0.3, -0.25) is 0 Å². The maximum atomic E-state index is 3.77. The Morgan fingerprint density at radius 2 is 2.00 bits per heavy atom. The first-order valence-electron chi connectivity index (χ1n) is 6.24. The molecule has 1 nitrogen and oxygen atoms in total. The summed E-state index contributed by atoms with van der Waals surface area (Å²) in [6, 6.07) is 11.5. The van der Waals surface area contributed by atoms with E-state index in [-0.39, 0.29) is 0 Å². The molecule has 1 aromatic rings. The maximum absolute atomic E-state index is 3.77. The Balaban J connectivity index is 2.39. The van der Waals surface area contributed by atoms with Gasteiger partial charge in [-0.2, -0.15) is 0 Å². The summed E-state index contributed by atoms with van der Waals surface area (Å²) in [4.78, 5) is 0. The van der Waals surface area contributed by atoms with Crippen LogP contribution in [-0.2, 0) is 0 Å². The second-order valence-corrected chi connectivity index (χ2v) is 6.94. The monoisotopic (exact) mass is 297 g/mol. The number of benzene rings is 1. The molecule has 0 amide bonds. The minimum absolute atomic E-state index is 0.578. The third-order valence-electron chi connectivity index (χ3n) is 2.50. The Morgan fingerprint density at radius 3 is 2.59 bits per heavy atom. The zero-order chi connectivity index (χ0) is 12.5. The predicted octanol–water partition coefficient (Wildman–Crippen LogP) is 2.62. The number of hydrogen-bond donors (Lipinski definition) is 1. The summed E-state index contributed by atoms with van der Waals surface area (Å²) in [7, 11) is 0. The van der Waals surface area contributed by atoms with Crippen molar-refractivity contribution in [1.29, 1.82) is 0 Å². The van der Waals surface area contributed by atoms with Crippen LogP contribution >= 0.6 is 0 Å². The van der Waals surface area contributed by atoms with Crippen molar-refractivity contribution in [2.45, 2.75) is 31.6 Å². The van der Waals surface area contributed by atoms with E-state index in [0.717, 1.165) is 12.5 Å². The third kappa shape index (κ3) is 6.68. The van der Waals surface area contributed by atoms with Gasteiger partial charge in [0.1, 0.15) is 0 Å². The quantitative estimate of drug-likeness (QED) is 0.574. The molecular formula is C15H23NSe. The summed E-state index contributed by atoms with van der Waals surface area (Å²) >= 11 is 0.578. The number of rotatable bonds is 8. The SMILES string of the molecule is C=CCNC(C[Se]c1ccccc1)CC(C)C. The standard InChI is InChI=1S/C15H23NSe/c1-4-10-16-14(11-13(2)3)12-17-15-8-6-5-7-9-15/h4-9,13-14,16H,1,10-12H2,2-3H3. The molecule has 0 saturated carbocycles. The van der Waals surface area contributed by atoms with Crippen molar-refractivity contribution >= 4 is 19.4 Å². The number of hydrogen-bond acceptors (Lipinski definition) is 1. The fourth-order valence-corrected chi connectivity index (χ4v) is 3.83. The summed E-state index contributed by atoms with van der Waals surface area (Å²) in [6.07, 6.45) is 3.20. The molecule has 1 N–H and O–H groups in total. The van der Waals surface area contributed by atoms with Gasteiger partial charge in [0, 0.05) is 0 Å². The molecule has 1 aromatic carbocycles. The van der Waals surface area contributed by atoms with Crippen molar-refractivity contribution in [3.63, 3.8) is 0 Å². The summed E-state index contributed by atoms with van der Waals surface area (Å²) in [6.45, 7) is 9.27. The van der Waals surface area contributed by atoms with Crippen LogP contribution in [0.2, 0.25) is 5.32 Å².